The molecule has 5 rings (SSSR count). The Bertz CT molecular complexity index is 1110. The number of halogens is 2. The van der Waals surface area contributed by atoms with E-state index < -0.39 is 0 Å². The average molecular weight is 351 g/mol. The Hall–Kier alpha value is -2.92. The third-order valence-electron chi connectivity index (χ3n) is 4.47. The van der Waals surface area contributed by atoms with E-state index in [-0.39, 0.29) is 5.82 Å². The second-order valence-corrected chi connectivity index (χ2v) is 6.39. The van der Waals surface area contributed by atoms with Crippen LogP contribution in [0.4, 0.5) is 4.39 Å². The van der Waals surface area contributed by atoms with E-state index in [1.54, 1.807) is 18.2 Å². The standard InChI is InChI=1S/C19H12ClFN4/c20-13-8-7-12-11-24-9-3-6-16(24)19-23-22-18(25(19)17(12)10-13)14-4-1-2-5-15(14)21/h1-10H,11H2. The highest BCUT2D eigenvalue weighted by Crippen LogP contribution is 2.35. The van der Waals surface area contributed by atoms with Gasteiger partial charge in [-0.25, -0.2) is 4.39 Å². The first-order valence-electron chi connectivity index (χ1n) is 7.87. The van der Waals surface area contributed by atoms with Crippen molar-refractivity contribution in [1.29, 1.82) is 0 Å². The Morgan fingerprint density at radius 2 is 1.80 bits per heavy atom. The number of nitrogens with zero attached hydrogens (tertiary/aromatic N) is 4. The first kappa shape index (κ1) is 14.4. The van der Waals surface area contributed by atoms with Gasteiger partial charge in [0.2, 0.25) is 0 Å². The molecular weight excluding hydrogens is 339 g/mol. The molecule has 4 nitrogen and oxygen atoms in total. The van der Waals surface area contributed by atoms with E-state index in [9.17, 15) is 4.39 Å². The van der Waals surface area contributed by atoms with Gasteiger partial charge in [-0.1, -0.05) is 29.8 Å². The van der Waals surface area contributed by atoms with Crippen LogP contribution in [0.3, 0.4) is 0 Å². The van der Waals surface area contributed by atoms with E-state index in [1.807, 2.05) is 41.1 Å². The minimum Gasteiger partial charge on any atom is -0.340 e. The maximum Gasteiger partial charge on any atom is 0.185 e. The lowest BCUT2D eigenvalue weighted by molar-refractivity contribution is 0.629. The largest absolute Gasteiger partial charge is 0.340 e. The zero-order valence-electron chi connectivity index (χ0n) is 13.0. The van der Waals surface area contributed by atoms with Crippen molar-refractivity contribution >= 4 is 11.6 Å². The highest BCUT2D eigenvalue weighted by molar-refractivity contribution is 6.30. The molecule has 25 heavy (non-hydrogen) atoms. The highest BCUT2D eigenvalue weighted by atomic mass is 35.5. The third kappa shape index (κ3) is 2.13. The number of benzene rings is 2. The van der Waals surface area contributed by atoms with Gasteiger partial charge in [0.25, 0.3) is 0 Å². The summed E-state index contributed by atoms with van der Waals surface area (Å²) in [5, 5.41) is 9.27. The number of hydrogen-bond donors (Lipinski definition) is 0. The van der Waals surface area contributed by atoms with E-state index in [2.05, 4.69) is 14.8 Å². The first-order chi connectivity index (χ1) is 12.2. The Morgan fingerprint density at radius 1 is 0.960 bits per heavy atom. The summed E-state index contributed by atoms with van der Waals surface area (Å²) in [6.07, 6.45) is 2.00. The molecule has 0 aliphatic carbocycles. The van der Waals surface area contributed by atoms with Crippen LogP contribution in [0.2, 0.25) is 5.02 Å². The Labute approximate surface area is 148 Å². The molecule has 0 saturated carbocycles. The molecule has 0 amide bonds. The SMILES string of the molecule is Fc1ccccc1-c1nnc2n1-c1cc(Cl)ccc1Cn1cccc1-2. The van der Waals surface area contributed by atoms with Crippen LogP contribution < -0.4 is 0 Å². The van der Waals surface area contributed by atoms with Gasteiger partial charge in [-0.05, 0) is 42.0 Å². The normalized spacial score (nSPS) is 12.2. The van der Waals surface area contributed by atoms with Gasteiger partial charge in [-0.3, -0.25) is 4.57 Å². The second-order valence-electron chi connectivity index (χ2n) is 5.96. The minimum atomic E-state index is -0.332. The Morgan fingerprint density at radius 3 is 2.68 bits per heavy atom. The third-order valence-corrected chi connectivity index (χ3v) is 4.70. The Balaban J connectivity index is 1.89. The zero-order valence-corrected chi connectivity index (χ0v) is 13.8. The molecule has 0 N–H and O–H groups in total. The molecule has 1 aliphatic heterocycles. The molecule has 0 bridgehead atoms. The molecule has 0 saturated heterocycles. The smallest absolute Gasteiger partial charge is 0.185 e. The van der Waals surface area contributed by atoms with Gasteiger partial charge in [-0.15, -0.1) is 10.2 Å². The van der Waals surface area contributed by atoms with E-state index in [0.29, 0.717) is 28.8 Å². The van der Waals surface area contributed by atoms with Crippen molar-refractivity contribution in [3.8, 4) is 28.6 Å². The van der Waals surface area contributed by atoms with Gasteiger partial charge in [0.15, 0.2) is 11.6 Å². The van der Waals surface area contributed by atoms with Gasteiger partial charge < -0.3 is 4.57 Å². The quantitative estimate of drug-likeness (QED) is 0.444. The minimum absolute atomic E-state index is 0.332. The number of fused-ring (bicyclic) bond motifs is 5. The van der Waals surface area contributed by atoms with Crippen molar-refractivity contribution in [2.24, 2.45) is 0 Å². The van der Waals surface area contributed by atoms with E-state index in [4.69, 9.17) is 11.6 Å². The van der Waals surface area contributed by atoms with Crippen LogP contribution in [0.5, 0.6) is 0 Å². The second kappa shape index (κ2) is 5.29. The van der Waals surface area contributed by atoms with Crippen LogP contribution in [0.15, 0.2) is 60.8 Å². The molecule has 3 heterocycles. The van der Waals surface area contributed by atoms with E-state index in [1.165, 1.54) is 6.07 Å². The van der Waals surface area contributed by atoms with Crippen molar-refractivity contribution in [2.45, 2.75) is 6.54 Å². The summed E-state index contributed by atoms with van der Waals surface area (Å²) in [5.41, 5.74) is 3.28. The lowest BCUT2D eigenvalue weighted by Crippen LogP contribution is -2.03. The molecule has 6 heteroatoms. The van der Waals surface area contributed by atoms with Crippen molar-refractivity contribution in [3.05, 3.63) is 77.2 Å². The molecule has 0 radical (unpaired) electrons. The topological polar surface area (TPSA) is 35.6 Å². The number of hydrogen-bond acceptors (Lipinski definition) is 2. The van der Waals surface area contributed by atoms with Gasteiger partial charge in [0, 0.05) is 17.8 Å². The summed E-state index contributed by atoms with van der Waals surface area (Å²) in [4.78, 5) is 0. The molecular formula is C19H12ClFN4. The van der Waals surface area contributed by atoms with Crippen molar-refractivity contribution < 1.29 is 4.39 Å². The molecule has 0 atom stereocenters. The molecule has 0 fully saturated rings. The van der Waals surface area contributed by atoms with Crippen LogP contribution in [0, 0.1) is 5.82 Å². The zero-order chi connectivity index (χ0) is 17.0. The summed E-state index contributed by atoms with van der Waals surface area (Å²) in [6, 6.07) is 16.3. The maximum absolute atomic E-state index is 14.4. The highest BCUT2D eigenvalue weighted by Gasteiger charge is 2.25. The lowest BCUT2D eigenvalue weighted by atomic mass is 10.1. The lowest BCUT2D eigenvalue weighted by Gasteiger charge is -2.12. The van der Waals surface area contributed by atoms with Crippen LogP contribution in [-0.4, -0.2) is 19.3 Å². The molecule has 122 valence electrons. The average Bonchev–Trinajstić information content (AvgIpc) is 3.21. The predicted molar refractivity (Wildman–Crippen MR) is 94.3 cm³/mol. The number of aromatic nitrogens is 4. The summed E-state index contributed by atoms with van der Waals surface area (Å²) in [7, 11) is 0. The van der Waals surface area contributed by atoms with Crippen LogP contribution in [0.25, 0.3) is 28.6 Å². The van der Waals surface area contributed by atoms with Crippen LogP contribution >= 0.6 is 11.6 Å². The van der Waals surface area contributed by atoms with Crippen molar-refractivity contribution in [3.63, 3.8) is 0 Å². The van der Waals surface area contributed by atoms with Gasteiger partial charge in [0.1, 0.15) is 5.82 Å². The molecule has 2 aromatic heterocycles. The fraction of sp³-hybridized carbons (Fsp3) is 0.0526. The van der Waals surface area contributed by atoms with E-state index >= 15 is 0 Å². The fourth-order valence-electron chi connectivity index (χ4n) is 3.31. The predicted octanol–water partition coefficient (Wildman–Crippen LogP) is 4.56. The first-order valence-corrected chi connectivity index (χ1v) is 8.25. The van der Waals surface area contributed by atoms with Crippen LogP contribution in [0.1, 0.15) is 5.56 Å². The Kier molecular flexibility index (Phi) is 3.05. The van der Waals surface area contributed by atoms with Crippen molar-refractivity contribution in [1.82, 2.24) is 19.3 Å². The van der Waals surface area contributed by atoms with Crippen LogP contribution in [-0.2, 0) is 6.54 Å². The summed E-state index contributed by atoms with van der Waals surface area (Å²) in [6.45, 7) is 0.689. The van der Waals surface area contributed by atoms with Gasteiger partial charge in [0.05, 0.1) is 16.9 Å². The molecule has 4 aromatic rings. The summed E-state index contributed by atoms with van der Waals surface area (Å²) >= 11 is 6.24. The molecule has 2 aromatic carbocycles. The monoisotopic (exact) mass is 350 g/mol. The fourth-order valence-corrected chi connectivity index (χ4v) is 3.48. The molecule has 1 aliphatic rings. The number of rotatable bonds is 1. The maximum atomic E-state index is 14.4. The summed E-state index contributed by atoms with van der Waals surface area (Å²) in [5.74, 6) is 0.802. The molecule has 0 spiro atoms. The van der Waals surface area contributed by atoms with Crippen molar-refractivity contribution in [2.75, 3.05) is 0 Å². The van der Waals surface area contributed by atoms with Gasteiger partial charge in [-0.2, -0.15) is 0 Å². The molecule has 0 unspecified atom stereocenters. The van der Waals surface area contributed by atoms with E-state index in [0.717, 1.165) is 16.9 Å². The summed E-state index contributed by atoms with van der Waals surface area (Å²) < 4.78 is 18.4. The van der Waals surface area contributed by atoms with Gasteiger partial charge >= 0.3 is 0 Å².